The van der Waals surface area contributed by atoms with Gasteiger partial charge in [0.2, 0.25) is 0 Å². The molecule has 2 aromatic carbocycles. The highest BCUT2D eigenvalue weighted by atomic mass is 35.5. The van der Waals surface area contributed by atoms with Crippen LogP contribution in [0.15, 0.2) is 36.4 Å². The first-order chi connectivity index (χ1) is 9.47. The van der Waals surface area contributed by atoms with Crippen molar-refractivity contribution in [2.75, 3.05) is 0 Å². The summed E-state index contributed by atoms with van der Waals surface area (Å²) in [5, 5.41) is 0.948. The number of Topliss-reactive ketones (excluding diaryl/α,β-unsaturated/α-hetero) is 1. The number of hydrogen-bond acceptors (Lipinski definition) is 1. The lowest BCUT2D eigenvalue weighted by atomic mass is 9.99. The summed E-state index contributed by atoms with van der Waals surface area (Å²) in [5.41, 5.74) is 2.21. The minimum absolute atomic E-state index is 0.0475. The van der Waals surface area contributed by atoms with Crippen LogP contribution in [0.25, 0.3) is 0 Å². The first kappa shape index (κ1) is 15.0. The van der Waals surface area contributed by atoms with Crippen LogP contribution in [0.4, 0.5) is 4.39 Å². The Balaban J connectivity index is 2.15. The van der Waals surface area contributed by atoms with Gasteiger partial charge in [-0.05, 0) is 47.9 Å². The molecule has 0 aliphatic rings. The van der Waals surface area contributed by atoms with Gasteiger partial charge >= 0.3 is 0 Å². The fourth-order valence-corrected chi connectivity index (χ4v) is 2.53. The van der Waals surface area contributed by atoms with Crippen LogP contribution in [0.3, 0.4) is 0 Å². The molecule has 0 amide bonds. The Morgan fingerprint density at radius 2 is 1.75 bits per heavy atom. The quantitative estimate of drug-likeness (QED) is 0.793. The molecule has 0 fully saturated rings. The number of ketones is 1. The second kappa shape index (κ2) is 6.38. The van der Waals surface area contributed by atoms with Crippen LogP contribution in [-0.4, -0.2) is 5.78 Å². The summed E-state index contributed by atoms with van der Waals surface area (Å²) in [7, 11) is 0. The Labute approximate surface area is 127 Å². The van der Waals surface area contributed by atoms with Gasteiger partial charge in [-0.2, -0.15) is 0 Å². The molecule has 2 rings (SSSR count). The van der Waals surface area contributed by atoms with Crippen molar-refractivity contribution in [2.24, 2.45) is 0 Å². The number of halogens is 3. The zero-order chi connectivity index (χ0) is 14.7. The Hall–Kier alpha value is -1.38. The van der Waals surface area contributed by atoms with Crippen LogP contribution in [0.1, 0.15) is 16.7 Å². The van der Waals surface area contributed by atoms with Crippen molar-refractivity contribution in [3.63, 3.8) is 0 Å². The summed E-state index contributed by atoms with van der Waals surface area (Å²) in [6.45, 7) is 1.85. The van der Waals surface area contributed by atoms with Gasteiger partial charge in [-0.1, -0.05) is 35.3 Å². The lowest BCUT2D eigenvalue weighted by Crippen LogP contribution is -2.08. The molecule has 0 radical (unpaired) electrons. The van der Waals surface area contributed by atoms with E-state index >= 15 is 0 Å². The summed E-state index contributed by atoms with van der Waals surface area (Å²) in [6.07, 6.45) is 0.319. The molecule has 0 N–H and O–H groups in total. The van der Waals surface area contributed by atoms with Crippen LogP contribution in [0, 0.1) is 12.7 Å². The third-order valence-corrected chi connectivity index (χ3v) is 3.84. The highest BCUT2D eigenvalue weighted by Gasteiger charge is 2.12. The van der Waals surface area contributed by atoms with E-state index in [0.29, 0.717) is 21.2 Å². The number of aryl methyl sites for hydroxylation is 1. The molecule has 0 aliphatic carbocycles. The molecular weight excluding hydrogens is 298 g/mol. The average molecular weight is 311 g/mol. The van der Waals surface area contributed by atoms with Crippen LogP contribution < -0.4 is 0 Å². The predicted octanol–water partition coefficient (Wildman–Crippen LogP) is 4.80. The second-order valence-electron chi connectivity index (χ2n) is 4.66. The summed E-state index contributed by atoms with van der Waals surface area (Å²) in [6, 6.07) is 9.57. The summed E-state index contributed by atoms with van der Waals surface area (Å²) < 4.78 is 13.2. The van der Waals surface area contributed by atoms with Crippen LogP contribution in [-0.2, 0) is 17.6 Å². The molecule has 0 unspecified atom stereocenters. The summed E-state index contributed by atoms with van der Waals surface area (Å²) in [4.78, 5) is 12.1. The number of carbonyl (C=O) groups is 1. The van der Waals surface area contributed by atoms with Gasteiger partial charge in [0.1, 0.15) is 11.6 Å². The topological polar surface area (TPSA) is 17.1 Å². The maximum absolute atomic E-state index is 13.2. The maximum Gasteiger partial charge on any atom is 0.141 e. The molecule has 0 heterocycles. The van der Waals surface area contributed by atoms with Gasteiger partial charge in [0.05, 0.1) is 0 Å². The SMILES string of the molecule is Cc1ccc(F)cc1CC(=O)Cc1c(Cl)cccc1Cl. The zero-order valence-corrected chi connectivity index (χ0v) is 12.4. The third-order valence-electron chi connectivity index (χ3n) is 3.13. The van der Waals surface area contributed by atoms with Crippen LogP contribution in [0.5, 0.6) is 0 Å². The van der Waals surface area contributed by atoms with Crippen molar-refractivity contribution >= 4 is 29.0 Å². The fraction of sp³-hybridized carbons (Fsp3) is 0.188. The van der Waals surface area contributed by atoms with E-state index in [0.717, 1.165) is 5.56 Å². The molecule has 4 heteroatoms. The molecule has 20 heavy (non-hydrogen) atoms. The van der Waals surface area contributed by atoms with Gasteiger partial charge in [-0.3, -0.25) is 4.79 Å². The number of carbonyl (C=O) groups excluding carboxylic acids is 1. The first-order valence-corrected chi connectivity index (χ1v) is 6.92. The number of rotatable bonds is 4. The smallest absolute Gasteiger partial charge is 0.141 e. The van der Waals surface area contributed by atoms with Crippen molar-refractivity contribution in [3.05, 3.63) is 69.0 Å². The van der Waals surface area contributed by atoms with Crippen molar-refractivity contribution in [2.45, 2.75) is 19.8 Å². The van der Waals surface area contributed by atoms with Crippen LogP contribution >= 0.6 is 23.2 Å². The molecule has 0 saturated carbocycles. The first-order valence-electron chi connectivity index (χ1n) is 6.17. The molecule has 0 saturated heterocycles. The Morgan fingerprint density at radius 1 is 1.10 bits per heavy atom. The van der Waals surface area contributed by atoms with Gasteiger partial charge in [0.25, 0.3) is 0 Å². The average Bonchev–Trinajstić information content (AvgIpc) is 2.38. The standard InChI is InChI=1S/C16H13Cl2FO/c1-10-5-6-12(19)7-11(10)8-13(20)9-14-15(17)3-2-4-16(14)18/h2-7H,8-9H2,1H3. The van der Waals surface area contributed by atoms with Gasteiger partial charge < -0.3 is 0 Å². The molecule has 2 aromatic rings. The molecule has 0 atom stereocenters. The highest BCUT2D eigenvalue weighted by Crippen LogP contribution is 2.25. The Bertz CT molecular complexity index is 633. The normalized spacial score (nSPS) is 10.6. The molecule has 104 valence electrons. The van der Waals surface area contributed by atoms with Gasteiger partial charge in [-0.15, -0.1) is 0 Å². The number of hydrogen-bond donors (Lipinski definition) is 0. The monoisotopic (exact) mass is 310 g/mol. The van der Waals surface area contributed by atoms with Gasteiger partial charge in [0.15, 0.2) is 0 Å². The molecule has 0 aliphatic heterocycles. The summed E-state index contributed by atoms with van der Waals surface area (Å²) >= 11 is 12.1. The Morgan fingerprint density at radius 3 is 2.40 bits per heavy atom. The van der Waals surface area contributed by atoms with E-state index in [1.165, 1.54) is 12.1 Å². The fourth-order valence-electron chi connectivity index (χ4n) is 2.00. The molecule has 0 bridgehead atoms. The van der Waals surface area contributed by atoms with E-state index in [-0.39, 0.29) is 24.4 Å². The highest BCUT2D eigenvalue weighted by molar-refractivity contribution is 6.36. The third kappa shape index (κ3) is 3.59. The Kier molecular flexibility index (Phi) is 4.79. The van der Waals surface area contributed by atoms with E-state index in [1.54, 1.807) is 24.3 Å². The lowest BCUT2D eigenvalue weighted by molar-refractivity contribution is -0.117. The van der Waals surface area contributed by atoms with E-state index in [1.807, 2.05) is 6.92 Å². The molecule has 0 spiro atoms. The van der Waals surface area contributed by atoms with Crippen molar-refractivity contribution < 1.29 is 9.18 Å². The van der Waals surface area contributed by atoms with Gasteiger partial charge in [-0.25, -0.2) is 4.39 Å². The predicted molar refractivity (Wildman–Crippen MR) is 80.0 cm³/mol. The molecular formula is C16H13Cl2FO. The zero-order valence-electron chi connectivity index (χ0n) is 10.9. The molecule has 1 nitrogen and oxygen atoms in total. The summed E-state index contributed by atoms with van der Waals surface area (Å²) in [5.74, 6) is -0.386. The van der Waals surface area contributed by atoms with Crippen molar-refractivity contribution in [1.29, 1.82) is 0 Å². The molecule has 0 aromatic heterocycles. The maximum atomic E-state index is 13.2. The van der Waals surface area contributed by atoms with Gasteiger partial charge in [0, 0.05) is 22.9 Å². The number of benzene rings is 2. The van der Waals surface area contributed by atoms with E-state index in [4.69, 9.17) is 23.2 Å². The largest absolute Gasteiger partial charge is 0.299 e. The minimum atomic E-state index is -0.339. The lowest BCUT2D eigenvalue weighted by Gasteiger charge is -2.08. The van der Waals surface area contributed by atoms with Crippen molar-refractivity contribution in [3.8, 4) is 0 Å². The van der Waals surface area contributed by atoms with E-state index in [2.05, 4.69) is 0 Å². The van der Waals surface area contributed by atoms with E-state index < -0.39 is 0 Å². The second-order valence-corrected chi connectivity index (χ2v) is 5.48. The van der Waals surface area contributed by atoms with Crippen molar-refractivity contribution in [1.82, 2.24) is 0 Å². The van der Waals surface area contributed by atoms with E-state index in [9.17, 15) is 9.18 Å². The van der Waals surface area contributed by atoms with Crippen LogP contribution in [0.2, 0.25) is 10.0 Å². The minimum Gasteiger partial charge on any atom is -0.299 e.